The van der Waals surface area contributed by atoms with Crippen molar-refractivity contribution in [3.8, 4) is 0 Å². The summed E-state index contributed by atoms with van der Waals surface area (Å²) in [7, 11) is 0. The predicted octanol–water partition coefficient (Wildman–Crippen LogP) is 0.344. The van der Waals surface area contributed by atoms with Gasteiger partial charge in [0, 0.05) is 26.2 Å². The molecule has 0 aliphatic carbocycles. The van der Waals surface area contributed by atoms with Crippen molar-refractivity contribution < 1.29 is 9.21 Å². The van der Waals surface area contributed by atoms with Gasteiger partial charge < -0.3 is 24.9 Å². The molecular weight excluding hydrogens is 272 g/mol. The molecule has 2 aliphatic rings. The number of amides is 2. The van der Waals surface area contributed by atoms with Crippen molar-refractivity contribution in [2.75, 3.05) is 37.6 Å². The Hall–Kier alpha value is -1.83. The topological polar surface area (TPSA) is 86.5 Å². The lowest BCUT2D eigenvalue weighted by atomic mass is 10.2. The van der Waals surface area contributed by atoms with Gasteiger partial charge >= 0.3 is 12.0 Å². The molecule has 0 radical (unpaired) electrons. The zero-order valence-corrected chi connectivity index (χ0v) is 12.5. The summed E-state index contributed by atoms with van der Waals surface area (Å²) in [6.45, 7) is 7.90. The maximum Gasteiger partial charge on any atom is 0.318 e. The number of rotatable bonds is 5. The van der Waals surface area contributed by atoms with Crippen LogP contribution in [-0.4, -0.2) is 59.9 Å². The van der Waals surface area contributed by atoms with Crippen LogP contribution in [0.25, 0.3) is 0 Å². The molecule has 0 saturated carbocycles. The molecule has 8 heteroatoms. The molecule has 2 N–H and O–H groups in total. The van der Waals surface area contributed by atoms with E-state index in [9.17, 15) is 4.79 Å². The molecular formula is C13H22N6O2. The Morgan fingerprint density at radius 1 is 1.48 bits per heavy atom. The van der Waals surface area contributed by atoms with Gasteiger partial charge in [0.15, 0.2) is 0 Å². The molecule has 8 nitrogen and oxygen atoms in total. The van der Waals surface area contributed by atoms with E-state index in [1.165, 1.54) is 0 Å². The second-order valence-corrected chi connectivity index (χ2v) is 5.58. The smallest absolute Gasteiger partial charge is 0.318 e. The minimum Gasteiger partial charge on any atom is -0.406 e. The first-order valence-electron chi connectivity index (χ1n) is 7.55. The van der Waals surface area contributed by atoms with Gasteiger partial charge in [-0.3, -0.25) is 0 Å². The van der Waals surface area contributed by atoms with Crippen molar-refractivity contribution in [2.45, 2.75) is 32.4 Å². The van der Waals surface area contributed by atoms with E-state index in [1.54, 1.807) is 0 Å². The van der Waals surface area contributed by atoms with Crippen LogP contribution in [0.1, 0.15) is 32.2 Å². The monoisotopic (exact) mass is 294 g/mol. The first-order valence-corrected chi connectivity index (χ1v) is 7.55. The number of anilines is 1. The molecule has 2 saturated heterocycles. The van der Waals surface area contributed by atoms with Crippen LogP contribution in [0.5, 0.6) is 0 Å². The Balaban J connectivity index is 1.63. The van der Waals surface area contributed by atoms with Crippen LogP contribution in [0.2, 0.25) is 0 Å². The highest BCUT2D eigenvalue weighted by Crippen LogP contribution is 2.22. The number of piperazine rings is 1. The third kappa shape index (κ3) is 2.80. The van der Waals surface area contributed by atoms with Gasteiger partial charge in [-0.1, -0.05) is 12.0 Å². The maximum absolute atomic E-state index is 11.6. The minimum atomic E-state index is 0.0308. The molecule has 2 atom stereocenters. The highest BCUT2D eigenvalue weighted by Gasteiger charge is 2.36. The molecule has 21 heavy (non-hydrogen) atoms. The third-order valence-corrected chi connectivity index (χ3v) is 4.00. The number of urea groups is 1. The molecule has 2 aliphatic heterocycles. The number of hydrogen-bond acceptors (Lipinski definition) is 6. The fourth-order valence-electron chi connectivity index (χ4n) is 2.76. The molecule has 0 aromatic carbocycles. The molecule has 3 rings (SSSR count). The molecule has 0 bridgehead atoms. The third-order valence-electron chi connectivity index (χ3n) is 4.00. The highest BCUT2D eigenvalue weighted by atomic mass is 16.4. The number of nitrogens with zero attached hydrogens (tertiary/aromatic N) is 4. The Bertz CT molecular complexity index is 505. The predicted molar refractivity (Wildman–Crippen MR) is 77.1 cm³/mol. The summed E-state index contributed by atoms with van der Waals surface area (Å²) < 4.78 is 5.77. The summed E-state index contributed by atoms with van der Waals surface area (Å²) in [5.74, 6) is 0.613. The molecule has 2 fully saturated rings. The normalized spacial score (nSPS) is 23.1. The van der Waals surface area contributed by atoms with Gasteiger partial charge in [0.2, 0.25) is 5.89 Å². The second-order valence-electron chi connectivity index (χ2n) is 5.58. The van der Waals surface area contributed by atoms with E-state index >= 15 is 0 Å². The van der Waals surface area contributed by atoms with Crippen molar-refractivity contribution in [1.29, 1.82) is 0 Å². The van der Waals surface area contributed by atoms with Crippen molar-refractivity contribution in [2.24, 2.45) is 0 Å². The van der Waals surface area contributed by atoms with E-state index in [1.807, 2.05) is 11.8 Å². The number of carbonyl (C=O) groups excluding carboxylic acids is 1. The maximum atomic E-state index is 11.6. The zero-order valence-electron chi connectivity index (χ0n) is 12.5. The van der Waals surface area contributed by atoms with Crippen molar-refractivity contribution in [3.63, 3.8) is 0 Å². The summed E-state index contributed by atoms with van der Waals surface area (Å²) in [5.41, 5.74) is 0. The van der Waals surface area contributed by atoms with E-state index < -0.39 is 0 Å². The fraction of sp³-hybridized carbons (Fsp3) is 0.769. The zero-order chi connectivity index (χ0) is 14.8. The van der Waals surface area contributed by atoms with Crippen LogP contribution in [0.3, 0.4) is 0 Å². The number of hydrogen-bond donors (Lipinski definition) is 2. The van der Waals surface area contributed by atoms with Crippen LogP contribution in [0.15, 0.2) is 4.42 Å². The van der Waals surface area contributed by atoms with E-state index in [0.29, 0.717) is 25.0 Å². The lowest BCUT2D eigenvalue weighted by Gasteiger charge is -2.35. The average molecular weight is 294 g/mol. The molecule has 1 aromatic heterocycles. The summed E-state index contributed by atoms with van der Waals surface area (Å²) in [6, 6.07) is 0.830. The standard InChI is InChI=1S/C13H22N6O2/c1-3-4-14-9(2)11-16-17-13(21-11)18-5-6-19-10(8-18)7-15-12(19)20/h9-10,14H,3-8H2,1-2H3,(H,15,20). The van der Waals surface area contributed by atoms with Crippen LogP contribution >= 0.6 is 0 Å². The van der Waals surface area contributed by atoms with E-state index in [0.717, 1.165) is 26.1 Å². The number of carbonyl (C=O) groups is 1. The molecule has 2 amide bonds. The summed E-state index contributed by atoms with van der Waals surface area (Å²) in [6.07, 6.45) is 1.07. The van der Waals surface area contributed by atoms with Gasteiger partial charge in [0.25, 0.3) is 0 Å². The van der Waals surface area contributed by atoms with Crippen molar-refractivity contribution in [1.82, 2.24) is 25.7 Å². The van der Waals surface area contributed by atoms with Gasteiger partial charge in [-0.25, -0.2) is 4.79 Å². The minimum absolute atomic E-state index is 0.0308. The Kier molecular flexibility index (Phi) is 3.96. The van der Waals surface area contributed by atoms with Gasteiger partial charge in [0.1, 0.15) is 0 Å². The Morgan fingerprint density at radius 2 is 2.33 bits per heavy atom. The summed E-state index contributed by atoms with van der Waals surface area (Å²) >= 11 is 0. The lowest BCUT2D eigenvalue weighted by Crippen LogP contribution is -2.52. The quantitative estimate of drug-likeness (QED) is 0.814. The largest absolute Gasteiger partial charge is 0.406 e. The molecule has 116 valence electrons. The van der Waals surface area contributed by atoms with E-state index in [4.69, 9.17) is 4.42 Å². The second kappa shape index (κ2) is 5.88. The van der Waals surface area contributed by atoms with E-state index in [2.05, 4.69) is 32.7 Å². The average Bonchev–Trinajstić information content (AvgIpc) is 3.12. The first kappa shape index (κ1) is 14.1. The van der Waals surface area contributed by atoms with Crippen LogP contribution in [-0.2, 0) is 0 Å². The van der Waals surface area contributed by atoms with Gasteiger partial charge in [-0.15, -0.1) is 5.10 Å². The van der Waals surface area contributed by atoms with Crippen LogP contribution < -0.4 is 15.5 Å². The summed E-state index contributed by atoms with van der Waals surface area (Å²) in [4.78, 5) is 15.5. The van der Waals surface area contributed by atoms with Gasteiger partial charge in [0.05, 0.1) is 12.1 Å². The number of aromatic nitrogens is 2. The first-order chi connectivity index (χ1) is 10.2. The Morgan fingerprint density at radius 3 is 3.14 bits per heavy atom. The van der Waals surface area contributed by atoms with Gasteiger partial charge in [-0.2, -0.15) is 0 Å². The van der Waals surface area contributed by atoms with E-state index in [-0.39, 0.29) is 18.1 Å². The highest BCUT2D eigenvalue weighted by molar-refractivity contribution is 5.77. The number of fused-ring (bicyclic) bond motifs is 1. The molecule has 3 heterocycles. The Labute approximate surface area is 123 Å². The van der Waals surface area contributed by atoms with Crippen molar-refractivity contribution in [3.05, 3.63) is 5.89 Å². The number of nitrogens with one attached hydrogen (secondary N) is 2. The molecule has 0 spiro atoms. The summed E-state index contributed by atoms with van der Waals surface area (Å²) in [5, 5.41) is 14.5. The lowest BCUT2D eigenvalue weighted by molar-refractivity contribution is 0.196. The molecule has 2 unspecified atom stereocenters. The van der Waals surface area contributed by atoms with Gasteiger partial charge in [-0.05, 0) is 19.9 Å². The van der Waals surface area contributed by atoms with Crippen molar-refractivity contribution >= 4 is 12.0 Å². The van der Waals surface area contributed by atoms with Crippen LogP contribution in [0.4, 0.5) is 10.8 Å². The SMILES string of the molecule is CCCNC(C)c1nnc(N2CCN3C(=O)NCC3C2)o1. The fourth-order valence-corrected chi connectivity index (χ4v) is 2.76. The van der Waals surface area contributed by atoms with Crippen LogP contribution in [0, 0.1) is 0 Å². The molecule has 1 aromatic rings.